The third-order valence-corrected chi connectivity index (χ3v) is 4.02. The third kappa shape index (κ3) is 4.06. The fraction of sp³-hybridized carbons (Fsp3) is 0.529. The SMILES string of the molecule is CCN(C(=O)OC(=O)c1cccc(C)c1)C1CCCCC1. The maximum absolute atomic E-state index is 12.2. The van der Waals surface area contributed by atoms with Gasteiger partial charge in [-0.25, -0.2) is 9.59 Å². The molecule has 2 rings (SSSR count). The number of esters is 1. The molecule has 21 heavy (non-hydrogen) atoms. The highest BCUT2D eigenvalue weighted by Crippen LogP contribution is 2.23. The Hall–Kier alpha value is -1.84. The van der Waals surface area contributed by atoms with Gasteiger partial charge in [0.05, 0.1) is 5.56 Å². The molecule has 0 spiro atoms. The van der Waals surface area contributed by atoms with E-state index in [9.17, 15) is 9.59 Å². The molecule has 4 heteroatoms. The lowest BCUT2D eigenvalue weighted by molar-refractivity contribution is 0.0487. The first-order valence-electron chi connectivity index (χ1n) is 7.71. The first-order chi connectivity index (χ1) is 10.1. The molecule has 4 nitrogen and oxygen atoms in total. The molecule has 0 unspecified atom stereocenters. The first-order valence-corrected chi connectivity index (χ1v) is 7.71. The van der Waals surface area contributed by atoms with Gasteiger partial charge in [0.2, 0.25) is 0 Å². The molecule has 0 bridgehead atoms. The second-order valence-electron chi connectivity index (χ2n) is 5.60. The van der Waals surface area contributed by atoms with E-state index in [1.165, 1.54) is 6.42 Å². The van der Waals surface area contributed by atoms with Crippen LogP contribution in [0.25, 0.3) is 0 Å². The topological polar surface area (TPSA) is 46.6 Å². The van der Waals surface area contributed by atoms with Gasteiger partial charge in [-0.15, -0.1) is 0 Å². The molecule has 1 aliphatic rings. The van der Waals surface area contributed by atoms with Crippen LogP contribution in [0.5, 0.6) is 0 Å². The zero-order valence-electron chi connectivity index (χ0n) is 12.8. The van der Waals surface area contributed by atoms with Crippen LogP contribution < -0.4 is 0 Å². The standard InChI is InChI=1S/C17H23NO3/c1-3-18(15-10-5-4-6-11-15)17(20)21-16(19)14-9-7-8-13(2)12-14/h7-9,12,15H,3-6,10-11H2,1-2H3. The van der Waals surface area contributed by atoms with Crippen molar-refractivity contribution in [3.8, 4) is 0 Å². The summed E-state index contributed by atoms with van der Waals surface area (Å²) in [5.41, 5.74) is 1.39. The molecular weight excluding hydrogens is 266 g/mol. The quantitative estimate of drug-likeness (QED) is 0.625. The average molecular weight is 289 g/mol. The second kappa shape index (κ2) is 7.25. The van der Waals surface area contributed by atoms with Gasteiger partial charge in [0.15, 0.2) is 0 Å². The van der Waals surface area contributed by atoms with Crippen molar-refractivity contribution < 1.29 is 14.3 Å². The summed E-state index contributed by atoms with van der Waals surface area (Å²) in [6.07, 6.45) is 4.99. The van der Waals surface area contributed by atoms with Crippen LogP contribution in [0, 0.1) is 6.92 Å². The molecule has 0 radical (unpaired) electrons. The van der Waals surface area contributed by atoms with Crippen molar-refractivity contribution in [3.05, 3.63) is 35.4 Å². The molecule has 0 aromatic heterocycles. The van der Waals surface area contributed by atoms with Gasteiger partial charge in [0.1, 0.15) is 0 Å². The molecule has 1 fully saturated rings. The first kappa shape index (κ1) is 15.5. The lowest BCUT2D eigenvalue weighted by Gasteiger charge is -2.32. The fourth-order valence-corrected chi connectivity index (χ4v) is 2.90. The Labute approximate surface area is 126 Å². The molecule has 1 aromatic carbocycles. The third-order valence-electron chi connectivity index (χ3n) is 4.02. The Bertz CT molecular complexity index is 507. The van der Waals surface area contributed by atoms with Crippen molar-refractivity contribution >= 4 is 12.1 Å². The lowest BCUT2D eigenvalue weighted by atomic mass is 9.94. The van der Waals surface area contributed by atoms with Gasteiger partial charge in [-0.3, -0.25) is 0 Å². The van der Waals surface area contributed by atoms with Gasteiger partial charge in [0.25, 0.3) is 0 Å². The van der Waals surface area contributed by atoms with Crippen molar-refractivity contribution in [3.63, 3.8) is 0 Å². The summed E-state index contributed by atoms with van der Waals surface area (Å²) in [5.74, 6) is -0.571. The van der Waals surface area contributed by atoms with Crippen molar-refractivity contribution in [1.82, 2.24) is 4.90 Å². The molecule has 1 aromatic rings. The minimum Gasteiger partial charge on any atom is -0.372 e. The number of rotatable bonds is 3. The van der Waals surface area contributed by atoms with Crippen LogP contribution >= 0.6 is 0 Å². The normalized spacial score (nSPS) is 15.5. The molecule has 0 saturated heterocycles. The monoisotopic (exact) mass is 289 g/mol. The molecule has 1 saturated carbocycles. The molecule has 0 atom stereocenters. The van der Waals surface area contributed by atoms with E-state index in [4.69, 9.17) is 4.74 Å². The maximum atomic E-state index is 12.2. The van der Waals surface area contributed by atoms with E-state index < -0.39 is 12.1 Å². The van der Waals surface area contributed by atoms with E-state index >= 15 is 0 Å². The van der Waals surface area contributed by atoms with Gasteiger partial charge < -0.3 is 9.64 Å². The average Bonchev–Trinajstić information content (AvgIpc) is 2.49. The van der Waals surface area contributed by atoms with Crippen molar-refractivity contribution in [2.24, 2.45) is 0 Å². The summed E-state index contributed by atoms with van der Waals surface area (Å²) in [5, 5.41) is 0. The number of hydrogen-bond acceptors (Lipinski definition) is 3. The van der Waals surface area contributed by atoms with Gasteiger partial charge in [-0.1, -0.05) is 37.0 Å². The highest BCUT2D eigenvalue weighted by atomic mass is 16.6. The molecule has 0 heterocycles. The van der Waals surface area contributed by atoms with Crippen LogP contribution in [0.3, 0.4) is 0 Å². The van der Waals surface area contributed by atoms with Gasteiger partial charge in [0, 0.05) is 12.6 Å². The molecule has 0 aliphatic heterocycles. The zero-order valence-corrected chi connectivity index (χ0v) is 12.8. The number of benzene rings is 1. The van der Waals surface area contributed by atoms with E-state index in [0.29, 0.717) is 12.1 Å². The summed E-state index contributed by atoms with van der Waals surface area (Å²) in [7, 11) is 0. The zero-order chi connectivity index (χ0) is 15.2. The second-order valence-corrected chi connectivity index (χ2v) is 5.60. The number of hydrogen-bond donors (Lipinski definition) is 0. The maximum Gasteiger partial charge on any atom is 0.417 e. The lowest BCUT2D eigenvalue weighted by Crippen LogP contribution is -2.42. The van der Waals surface area contributed by atoms with Crippen molar-refractivity contribution in [1.29, 1.82) is 0 Å². The Morgan fingerprint density at radius 3 is 2.57 bits per heavy atom. The van der Waals surface area contributed by atoms with Crippen LogP contribution in [0.15, 0.2) is 24.3 Å². The molecule has 0 N–H and O–H groups in total. The summed E-state index contributed by atoms with van der Waals surface area (Å²) in [4.78, 5) is 26.0. The van der Waals surface area contributed by atoms with Gasteiger partial charge in [-0.2, -0.15) is 0 Å². The van der Waals surface area contributed by atoms with E-state index in [-0.39, 0.29) is 6.04 Å². The molecular formula is C17H23NO3. The van der Waals surface area contributed by atoms with Crippen LogP contribution in [-0.2, 0) is 4.74 Å². The Morgan fingerprint density at radius 2 is 1.95 bits per heavy atom. The predicted octanol–water partition coefficient (Wildman–Crippen LogP) is 3.93. The van der Waals surface area contributed by atoms with Gasteiger partial charge in [-0.05, 0) is 38.8 Å². The van der Waals surface area contributed by atoms with E-state index in [2.05, 4.69) is 0 Å². The van der Waals surface area contributed by atoms with Crippen LogP contribution in [0.1, 0.15) is 54.9 Å². The summed E-state index contributed by atoms with van der Waals surface area (Å²) >= 11 is 0. The molecule has 1 aliphatic carbocycles. The van der Waals surface area contributed by atoms with Crippen LogP contribution in [-0.4, -0.2) is 29.5 Å². The largest absolute Gasteiger partial charge is 0.417 e. The fourth-order valence-electron chi connectivity index (χ4n) is 2.90. The molecule has 114 valence electrons. The minimum absolute atomic E-state index is 0.210. The van der Waals surface area contributed by atoms with Crippen LogP contribution in [0.4, 0.5) is 4.79 Å². The Balaban J connectivity index is 2.00. The number of ether oxygens (including phenoxy) is 1. The summed E-state index contributed by atoms with van der Waals surface area (Å²) in [6.45, 7) is 4.40. The highest BCUT2D eigenvalue weighted by Gasteiger charge is 2.27. The highest BCUT2D eigenvalue weighted by molar-refractivity contribution is 5.96. The number of carbonyl (C=O) groups excluding carboxylic acids is 2. The Kier molecular flexibility index (Phi) is 5.37. The van der Waals surface area contributed by atoms with Crippen LogP contribution in [0.2, 0.25) is 0 Å². The Morgan fingerprint density at radius 1 is 1.24 bits per heavy atom. The molecule has 1 amide bonds. The van der Waals surface area contributed by atoms with Gasteiger partial charge >= 0.3 is 12.1 Å². The number of carbonyl (C=O) groups is 2. The van der Waals surface area contributed by atoms with E-state index in [1.807, 2.05) is 19.9 Å². The summed E-state index contributed by atoms with van der Waals surface area (Å²) < 4.78 is 5.05. The number of amides is 1. The van der Waals surface area contributed by atoms with E-state index in [0.717, 1.165) is 31.2 Å². The number of nitrogens with zero attached hydrogens (tertiary/aromatic N) is 1. The van der Waals surface area contributed by atoms with Crippen molar-refractivity contribution in [2.75, 3.05) is 6.54 Å². The number of aryl methyl sites for hydroxylation is 1. The smallest absolute Gasteiger partial charge is 0.372 e. The summed E-state index contributed by atoms with van der Waals surface area (Å²) in [6, 6.07) is 7.29. The van der Waals surface area contributed by atoms with Crippen molar-refractivity contribution in [2.45, 2.75) is 52.0 Å². The minimum atomic E-state index is -0.571. The van der Waals surface area contributed by atoms with E-state index in [1.54, 1.807) is 23.1 Å². The predicted molar refractivity (Wildman–Crippen MR) is 81.2 cm³/mol.